The van der Waals surface area contributed by atoms with Crippen molar-refractivity contribution in [3.05, 3.63) is 72.9 Å². The summed E-state index contributed by atoms with van der Waals surface area (Å²) in [5.74, 6) is -0.626. The third kappa shape index (κ3) is 43.9. The molecule has 0 saturated heterocycles. The number of aliphatic hydroxyl groups is 2. The maximum absolute atomic E-state index is 13.2. The molecule has 0 aliphatic carbocycles. The number of rotatable bonds is 46. The van der Waals surface area contributed by atoms with Crippen molar-refractivity contribution in [3.8, 4) is 0 Å². The molecule has 6 nitrogen and oxygen atoms in total. The van der Waals surface area contributed by atoms with E-state index >= 15 is 0 Å². The van der Waals surface area contributed by atoms with Gasteiger partial charge in [-0.3, -0.25) is 9.59 Å². The van der Waals surface area contributed by atoms with Crippen molar-refractivity contribution >= 4 is 11.9 Å². The molecule has 3 atom stereocenters. The van der Waals surface area contributed by atoms with Gasteiger partial charge in [0.15, 0.2) is 0 Å². The van der Waals surface area contributed by atoms with Crippen molar-refractivity contribution in [2.75, 3.05) is 6.61 Å². The Morgan fingerprint density at radius 2 is 0.839 bits per heavy atom. The minimum absolute atomic E-state index is 0.0472. The Morgan fingerprint density at radius 3 is 1.23 bits per heavy atom. The summed E-state index contributed by atoms with van der Waals surface area (Å²) in [6, 6.07) is -0.743. The van der Waals surface area contributed by atoms with Crippen molar-refractivity contribution in [1.29, 1.82) is 0 Å². The van der Waals surface area contributed by atoms with Gasteiger partial charge in [-0.25, -0.2) is 0 Å². The van der Waals surface area contributed by atoms with E-state index in [9.17, 15) is 19.8 Å². The van der Waals surface area contributed by atoms with Gasteiger partial charge in [0.2, 0.25) is 5.91 Å². The molecule has 0 spiro atoms. The molecule has 0 rings (SSSR count). The molecule has 0 aliphatic heterocycles. The van der Waals surface area contributed by atoms with Crippen molar-refractivity contribution in [3.63, 3.8) is 0 Å². The summed E-state index contributed by atoms with van der Waals surface area (Å²) in [5, 5.41) is 23.7. The molecule has 0 saturated carbocycles. The van der Waals surface area contributed by atoms with E-state index in [0.717, 1.165) is 70.6 Å². The predicted octanol–water partition coefficient (Wildman–Crippen LogP) is 15.8. The van der Waals surface area contributed by atoms with Gasteiger partial charge in [-0.15, -0.1) is 0 Å². The fourth-order valence-electron chi connectivity index (χ4n) is 7.60. The van der Waals surface area contributed by atoms with Gasteiger partial charge < -0.3 is 20.3 Å². The Bertz CT molecular complexity index is 1150. The summed E-state index contributed by atoms with van der Waals surface area (Å²) in [6.45, 7) is 6.33. The van der Waals surface area contributed by atoms with Crippen molar-refractivity contribution in [2.24, 2.45) is 0 Å². The smallest absolute Gasteiger partial charge is 0.306 e. The number of aliphatic hydroxyl groups excluding tert-OH is 2. The number of amides is 1. The van der Waals surface area contributed by atoms with Crippen LogP contribution in [0.4, 0.5) is 0 Å². The fraction of sp³-hybridized carbons (Fsp3) is 0.750. The van der Waals surface area contributed by atoms with Crippen LogP contribution >= 0.6 is 0 Å². The minimum atomic E-state index is -0.820. The lowest BCUT2D eigenvalue weighted by Crippen LogP contribution is -2.46. The normalized spacial score (nSPS) is 13.8. The van der Waals surface area contributed by atoms with Gasteiger partial charge in [0.25, 0.3) is 0 Å². The first-order chi connectivity index (χ1) is 30.5. The molecular formula is C56H99NO5. The zero-order valence-electron chi connectivity index (χ0n) is 40.7. The highest BCUT2D eigenvalue weighted by atomic mass is 16.5. The van der Waals surface area contributed by atoms with Gasteiger partial charge in [0.05, 0.1) is 25.2 Å². The molecule has 0 bridgehead atoms. The standard InChI is InChI=1S/C56H99NO5/c1-4-7-10-13-16-19-22-24-26-27-29-30-33-35-38-41-44-47-52(62-56(61)49-46-43-40-37-34-31-28-25-23-20-17-14-11-8-5-2)50-55(60)57-53(51-58)54(59)48-45-42-39-36-32-21-18-15-12-9-6-3/h7,10,16,19,24,26,29-30,35,38,44,47,52-54,58-59H,4-6,8-9,11-15,17-18,20-23,25,27-28,31-34,36-37,39-43,45-46,48-51H2,1-3H3,(H,57,60)/b10-7-,19-16-,26-24-,30-29-,38-35-,47-44-. The number of unbranched alkanes of at least 4 members (excludes halogenated alkanes) is 24. The summed E-state index contributed by atoms with van der Waals surface area (Å²) >= 11 is 0. The van der Waals surface area contributed by atoms with Gasteiger partial charge in [-0.1, -0.05) is 248 Å². The van der Waals surface area contributed by atoms with E-state index in [4.69, 9.17) is 4.74 Å². The third-order valence-electron chi connectivity index (χ3n) is 11.5. The Labute approximate surface area is 383 Å². The van der Waals surface area contributed by atoms with Crippen LogP contribution in [0, 0.1) is 0 Å². The zero-order chi connectivity index (χ0) is 45.2. The molecule has 0 fully saturated rings. The zero-order valence-corrected chi connectivity index (χ0v) is 40.7. The van der Waals surface area contributed by atoms with Gasteiger partial charge in [0, 0.05) is 6.42 Å². The first-order valence-electron chi connectivity index (χ1n) is 26.2. The predicted molar refractivity (Wildman–Crippen MR) is 268 cm³/mol. The van der Waals surface area contributed by atoms with Crippen LogP contribution in [0.15, 0.2) is 72.9 Å². The van der Waals surface area contributed by atoms with E-state index < -0.39 is 18.2 Å². The monoisotopic (exact) mass is 866 g/mol. The number of nitrogens with one attached hydrogen (secondary N) is 1. The molecule has 0 heterocycles. The molecule has 0 aromatic carbocycles. The number of hydrogen-bond acceptors (Lipinski definition) is 5. The quantitative estimate of drug-likeness (QED) is 0.0322. The molecule has 358 valence electrons. The van der Waals surface area contributed by atoms with Crippen molar-refractivity contribution in [1.82, 2.24) is 5.32 Å². The molecule has 6 heteroatoms. The number of hydrogen-bond donors (Lipinski definition) is 3. The minimum Gasteiger partial charge on any atom is -0.458 e. The average Bonchev–Trinajstić information content (AvgIpc) is 3.26. The number of carbonyl (C=O) groups is 2. The molecule has 0 aromatic heterocycles. The Balaban J connectivity index is 4.76. The second kappa shape index (κ2) is 49.3. The van der Waals surface area contributed by atoms with E-state index in [2.05, 4.69) is 86.8 Å². The molecule has 3 unspecified atom stereocenters. The molecule has 0 radical (unpaired) electrons. The molecule has 62 heavy (non-hydrogen) atoms. The van der Waals surface area contributed by atoms with E-state index in [-0.39, 0.29) is 24.9 Å². The highest BCUT2D eigenvalue weighted by molar-refractivity contribution is 5.78. The Morgan fingerprint density at radius 1 is 0.484 bits per heavy atom. The summed E-state index contributed by atoms with van der Waals surface area (Å²) in [7, 11) is 0. The Kier molecular flexibility index (Phi) is 47.2. The van der Waals surface area contributed by atoms with E-state index in [0.29, 0.717) is 19.3 Å². The van der Waals surface area contributed by atoms with Crippen LogP contribution in [0.1, 0.15) is 245 Å². The molecular weight excluding hydrogens is 767 g/mol. The van der Waals surface area contributed by atoms with Gasteiger partial charge in [-0.2, -0.15) is 0 Å². The van der Waals surface area contributed by atoms with E-state index in [1.165, 1.54) is 128 Å². The number of carbonyl (C=O) groups excluding carboxylic acids is 2. The van der Waals surface area contributed by atoms with Crippen LogP contribution in [0.2, 0.25) is 0 Å². The van der Waals surface area contributed by atoms with E-state index in [1.54, 1.807) is 6.08 Å². The van der Waals surface area contributed by atoms with Crippen LogP contribution in [-0.2, 0) is 14.3 Å². The highest BCUT2D eigenvalue weighted by Gasteiger charge is 2.23. The van der Waals surface area contributed by atoms with Crippen molar-refractivity contribution < 1.29 is 24.5 Å². The third-order valence-corrected chi connectivity index (χ3v) is 11.5. The maximum atomic E-state index is 13.2. The summed E-state index contributed by atoms with van der Waals surface area (Å²) < 4.78 is 5.83. The van der Waals surface area contributed by atoms with Crippen LogP contribution in [0.3, 0.4) is 0 Å². The van der Waals surface area contributed by atoms with Crippen LogP contribution in [0.25, 0.3) is 0 Å². The SMILES string of the molecule is CC/C=C\C/C=C\C/C=C\C/C=C\C/C=C\C/C=C\C(CC(=O)NC(CO)C(O)CCCCCCCCCCCCC)OC(=O)CCCCCCCCCCCCCCCCC. The van der Waals surface area contributed by atoms with Gasteiger partial charge >= 0.3 is 5.97 Å². The number of esters is 1. The second-order valence-electron chi connectivity index (χ2n) is 17.6. The van der Waals surface area contributed by atoms with Crippen molar-refractivity contribution in [2.45, 2.75) is 264 Å². The largest absolute Gasteiger partial charge is 0.458 e. The van der Waals surface area contributed by atoms with Crippen LogP contribution < -0.4 is 5.32 Å². The summed E-state index contributed by atoms with van der Waals surface area (Å²) in [5.41, 5.74) is 0. The maximum Gasteiger partial charge on any atom is 0.306 e. The van der Waals surface area contributed by atoms with Crippen LogP contribution in [0.5, 0.6) is 0 Å². The van der Waals surface area contributed by atoms with Crippen LogP contribution in [-0.4, -0.2) is 46.9 Å². The topological polar surface area (TPSA) is 95.9 Å². The lowest BCUT2D eigenvalue weighted by atomic mass is 10.0. The molecule has 0 aromatic rings. The summed E-state index contributed by atoms with van der Waals surface area (Å²) in [4.78, 5) is 26.1. The first-order valence-corrected chi connectivity index (χ1v) is 26.2. The highest BCUT2D eigenvalue weighted by Crippen LogP contribution is 2.16. The molecule has 3 N–H and O–H groups in total. The summed E-state index contributed by atoms with van der Waals surface area (Å²) in [6.07, 6.45) is 62.8. The average molecular weight is 866 g/mol. The Hall–Kier alpha value is -2.70. The fourth-order valence-corrected chi connectivity index (χ4v) is 7.60. The van der Waals surface area contributed by atoms with Gasteiger partial charge in [-0.05, 0) is 57.4 Å². The van der Waals surface area contributed by atoms with Gasteiger partial charge in [0.1, 0.15) is 6.10 Å². The second-order valence-corrected chi connectivity index (χ2v) is 17.6. The number of ether oxygens (including phenoxy) is 1. The molecule has 0 aliphatic rings. The lowest BCUT2D eigenvalue weighted by Gasteiger charge is -2.23. The number of allylic oxidation sites excluding steroid dienone is 11. The lowest BCUT2D eigenvalue weighted by molar-refractivity contribution is -0.148. The van der Waals surface area contributed by atoms with E-state index in [1.807, 2.05) is 6.08 Å². The first kappa shape index (κ1) is 59.3. The molecule has 1 amide bonds.